The summed E-state index contributed by atoms with van der Waals surface area (Å²) in [5.41, 5.74) is 2.44. The monoisotopic (exact) mass is 476 g/mol. The van der Waals surface area contributed by atoms with Crippen molar-refractivity contribution < 1.29 is 19.1 Å². The first kappa shape index (κ1) is 23.1. The van der Waals surface area contributed by atoms with Gasteiger partial charge in [-0.2, -0.15) is 0 Å². The first-order valence-electron chi connectivity index (χ1n) is 9.44. The zero-order chi connectivity index (χ0) is 22.5. The van der Waals surface area contributed by atoms with Crippen LogP contribution in [0.15, 0.2) is 41.3 Å². The summed E-state index contributed by atoms with van der Waals surface area (Å²) < 4.78 is 11.5. The van der Waals surface area contributed by atoms with Crippen LogP contribution in [0.3, 0.4) is 0 Å². The molecule has 0 saturated carbocycles. The molecule has 1 fully saturated rings. The van der Waals surface area contributed by atoms with E-state index in [1.54, 1.807) is 18.2 Å². The van der Waals surface area contributed by atoms with Crippen LogP contribution < -0.4 is 14.8 Å². The van der Waals surface area contributed by atoms with Gasteiger partial charge < -0.3 is 14.8 Å². The summed E-state index contributed by atoms with van der Waals surface area (Å²) in [7, 11) is 1.48. The standard InChI is InChI=1S/C22H21ClN2O4S2/c1-4-25-21(27)18(31-22(25)30)11-14-9-16(23)20(17(10-14)28-3)29-12-19(26)24-15-7-5-13(2)6-8-15/h5-11H,4,12H2,1-3H3,(H,24,26). The molecule has 31 heavy (non-hydrogen) atoms. The number of benzene rings is 2. The van der Waals surface area contributed by atoms with Gasteiger partial charge in [0.05, 0.1) is 17.0 Å². The molecular formula is C22H21ClN2O4S2. The molecule has 0 bridgehead atoms. The van der Waals surface area contributed by atoms with Crippen molar-refractivity contribution in [1.29, 1.82) is 0 Å². The number of rotatable bonds is 7. The van der Waals surface area contributed by atoms with E-state index in [1.807, 2.05) is 38.1 Å². The van der Waals surface area contributed by atoms with E-state index < -0.39 is 0 Å². The summed E-state index contributed by atoms with van der Waals surface area (Å²) in [5.74, 6) is 0.143. The first-order valence-corrected chi connectivity index (χ1v) is 11.0. The Kier molecular flexibility index (Phi) is 7.59. The summed E-state index contributed by atoms with van der Waals surface area (Å²) in [5, 5.41) is 3.02. The smallest absolute Gasteiger partial charge is 0.266 e. The number of methoxy groups -OCH3 is 1. The molecule has 2 aromatic rings. The topological polar surface area (TPSA) is 67.9 Å². The number of thioether (sulfide) groups is 1. The Labute approximate surface area is 195 Å². The second-order valence-electron chi connectivity index (χ2n) is 6.66. The Morgan fingerprint density at radius 1 is 1.29 bits per heavy atom. The third-order valence-electron chi connectivity index (χ3n) is 4.42. The number of ether oxygens (including phenoxy) is 2. The fraction of sp³-hybridized carbons (Fsp3) is 0.227. The van der Waals surface area contributed by atoms with Gasteiger partial charge in [0.1, 0.15) is 4.32 Å². The molecule has 2 aromatic carbocycles. The molecule has 0 aromatic heterocycles. The molecule has 0 atom stereocenters. The molecule has 162 valence electrons. The highest BCUT2D eigenvalue weighted by atomic mass is 35.5. The van der Waals surface area contributed by atoms with Crippen LogP contribution in [0.25, 0.3) is 6.08 Å². The van der Waals surface area contributed by atoms with Crippen molar-refractivity contribution in [3.05, 3.63) is 57.5 Å². The maximum Gasteiger partial charge on any atom is 0.266 e. The molecule has 1 N–H and O–H groups in total. The molecule has 1 aliphatic heterocycles. The maximum absolute atomic E-state index is 12.4. The molecule has 9 heteroatoms. The number of carbonyl (C=O) groups excluding carboxylic acids is 2. The normalized spacial score (nSPS) is 14.8. The Morgan fingerprint density at radius 2 is 2.00 bits per heavy atom. The number of aryl methyl sites for hydroxylation is 1. The molecule has 6 nitrogen and oxygen atoms in total. The lowest BCUT2D eigenvalue weighted by atomic mass is 10.1. The summed E-state index contributed by atoms with van der Waals surface area (Å²) in [4.78, 5) is 26.7. The SMILES string of the molecule is CCN1C(=O)C(=Cc2cc(Cl)c(OCC(=O)Nc3ccc(C)cc3)c(OC)c2)SC1=S. The summed E-state index contributed by atoms with van der Waals surface area (Å²) >= 11 is 12.9. The Balaban J connectivity index is 1.73. The van der Waals surface area contributed by atoms with E-state index in [4.69, 9.17) is 33.3 Å². The molecule has 0 aliphatic carbocycles. The van der Waals surface area contributed by atoms with Gasteiger partial charge in [0.15, 0.2) is 18.1 Å². The quantitative estimate of drug-likeness (QED) is 0.453. The van der Waals surface area contributed by atoms with Crippen LogP contribution in [0.1, 0.15) is 18.1 Å². The number of nitrogens with zero attached hydrogens (tertiary/aromatic N) is 1. The number of carbonyl (C=O) groups is 2. The van der Waals surface area contributed by atoms with Crippen LogP contribution in [0.2, 0.25) is 5.02 Å². The van der Waals surface area contributed by atoms with Crippen molar-refractivity contribution in [2.75, 3.05) is 25.6 Å². The van der Waals surface area contributed by atoms with Gasteiger partial charge in [-0.15, -0.1) is 0 Å². The molecule has 0 spiro atoms. The van der Waals surface area contributed by atoms with Crippen molar-refractivity contribution in [3.63, 3.8) is 0 Å². The Bertz CT molecular complexity index is 1050. The van der Waals surface area contributed by atoms with Gasteiger partial charge >= 0.3 is 0 Å². The third kappa shape index (κ3) is 5.58. The van der Waals surface area contributed by atoms with Crippen molar-refractivity contribution in [3.8, 4) is 11.5 Å². The second kappa shape index (κ2) is 10.2. The number of amides is 2. The molecule has 0 radical (unpaired) electrons. The van der Waals surface area contributed by atoms with Gasteiger partial charge in [-0.1, -0.05) is 53.3 Å². The Hall–Kier alpha value is -2.55. The number of thiocarbonyl (C=S) groups is 1. The van der Waals surface area contributed by atoms with Gasteiger partial charge in [-0.25, -0.2) is 0 Å². The number of halogens is 1. The average Bonchev–Trinajstić information content (AvgIpc) is 3.00. The minimum absolute atomic E-state index is 0.138. The predicted octanol–water partition coefficient (Wildman–Crippen LogP) is 4.90. The first-order chi connectivity index (χ1) is 14.8. The second-order valence-corrected chi connectivity index (χ2v) is 8.75. The van der Waals surface area contributed by atoms with Crippen molar-refractivity contribution in [1.82, 2.24) is 4.90 Å². The molecule has 3 rings (SSSR count). The fourth-order valence-corrected chi connectivity index (χ4v) is 4.52. The summed E-state index contributed by atoms with van der Waals surface area (Å²) in [6, 6.07) is 10.8. The van der Waals surface area contributed by atoms with E-state index in [1.165, 1.54) is 23.8 Å². The van der Waals surface area contributed by atoms with Gasteiger partial charge in [0.2, 0.25) is 0 Å². The molecule has 1 aliphatic rings. The highest BCUT2D eigenvalue weighted by molar-refractivity contribution is 8.26. The van der Waals surface area contributed by atoms with Gasteiger partial charge in [0, 0.05) is 12.2 Å². The van der Waals surface area contributed by atoms with E-state index in [0.717, 1.165) is 5.56 Å². The van der Waals surface area contributed by atoms with Crippen molar-refractivity contribution >= 4 is 63.5 Å². The predicted molar refractivity (Wildman–Crippen MR) is 129 cm³/mol. The van der Waals surface area contributed by atoms with E-state index in [-0.39, 0.29) is 29.2 Å². The lowest BCUT2D eigenvalue weighted by molar-refractivity contribution is -0.122. The molecule has 1 heterocycles. The average molecular weight is 477 g/mol. The highest BCUT2D eigenvalue weighted by Gasteiger charge is 2.30. The van der Waals surface area contributed by atoms with Crippen LogP contribution in [0.4, 0.5) is 5.69 Å². The zero-order valence-corrected chi connectivity index (χ0v) is 19.6. The summed E-state index contributed by atoms with van der Waals surface area (Å²) in [6.45, 7) is 4.12. The van der Waals surface area contributed by atoms with Crippen molar-refractivity contribution in [2.24, 2.45) is 0 Å². The maximum atomic E-state index is 12.4. The Morgan fingerprint density at radius 3 is 2.61 bits per heavy atom. The number of nitrogens with one attached hydrogen (secondary N) is 1. The fourth-order valence-electron chi connectivity index (χ4n) is 2.86. The number of hydrogen-bond donors (Lipinski definition) is 1. The van der Waals surface area contributed by atoms with E-state index in [2.05, 4.69) is 5.32 Å². The van der Waals surface area contributed by atoms with Gasteiger partial charge in [0.25, 0.3) is 11.8 Å². The zero-order valence-electron chi connectivity index (χ0n) is 17.2. The molecular weight excluding hydrogens is 456 g/mol. The lowest BCUT2D eigenvalue weighted by Crippen LogP contribution is -2.27. The van der Waals surface area contributed by atoms with Crippen molar-refractivity contribution in [2.45, 2.75) is 13.8 Å². The molecule has 1 saturated heterocycles. The van der Waals surface area contributed by atoms with Crippen LogP contribution in [-0.4, -0.2) is 41.3 Å². The lowest BCUT2D eigenvalue weighted by Gasteiger charge is -2.13. The molecule has 2 amide bonds. The third-order valence-corrected chi connectivity index (χ3v) is 6.08. The minimum atomic E-state index is -0.325. The summed E-state index contributed by atoms with van der Waals surface area (Å²) in [6.07, 6.45) is 1.71. The minimum Gasteiger partial charge on any atom is -0.493 e. The van der Waals surface area contributed by atoms with E-state index in [0.29, 0.717) is 32.8 Å². The van der Waals surface area contributed by atoms with E-state index in [9.17, 15) is 9.59 Å². The van der Waals surface area contributed by atoms with Crippen LogP contribution in [0.5, 0.6) is 11.5 Å². The van der Waals surface area contributed by atoms with Crippen LogP contribution in [0, 0.1) is 6.92 Å². The highest BCUT2D eigenvalue weighted by Crippen LogP contribution is 2.39. The number of anilines is 1. The van der Waals surface area contributed by atoms with Gasteiger partial charge in [-0.05, 0) is 49.8 Å². The number of likely N-dealkylation sites (N-methyl/N-ethyl adjacent to an activating group) is 1. The van der Waals surface area contributed by atoms with E-state index >= 15 is 0 Å². The van der Waals surface area contributed by atoms with Crippen LogP contribution >= 0.6 is 35.6 Å². The number of hydrogen-bond acceptors (Lipinski definition) is 6. The largest absolute Gasteiger partial charge is 0.493 e. The van der Waals surface area contributed by atoms with Crippen LogP contribution in [-0.2, 0) is 9.59 Å². The van der Waals surface area contributed by atoms with Gasteiger partial charge in [-0.3, -0.25) is 14.5 Å². The molecule has 0 unspecified atom stereocenters.